The molecule has 0 radical (unpaired) electrons. The van der Waals surface area contributed by atoms with Gasteiger partial charge >= 0.3 is 0 Å². The molecule has 0 saturated heterocycles. The topological polar surface area (TPSA) is 72.2 Å². The molecule has 0 aliphatic rings. The molecule has 0 aliphatic carbocycles. The predicted molar refractivity (Wildman–Crippen MR) is 61.7 cm³/mol. The molecule has 2 amide bonds. The molecule has 1 atom stereocenters. The van der Waals surface area contributed by atoms with Crippen LogP contribution < -0.4 is 11.1 Å². The van der Waals surface area contributed by atoms with Crippen LogP contribution >= 0.6 is 0 Å². The highest BCUT2D eigenvalue weighted by Crippen LogP contribution is 2.03. The number of amides is 2. The van der Waals surface area contributed by atoms with Gasteiger partial charge in [0, 0.05) is 5.56 Å². The Kier molecular flexibility index (Phi) is 4.39. The zero-order valence-corrected chi connectivity index (χ0v) is 9.15. The maximum atomic E-state index is 12.6. The molecule has 0 bridgehead atoms. The highest BCUT2D eigenvalue weighted by molar-refractivity contribution is 5.97. The highest BCUT2D eigenvalue weighted by atomic mass is 19.1. The van der Waals surface area contributed by atoms with E-state index in [0.717, 1.165) is 0 Å². The van der Waals surface area contributed by atoms with Crippen molar-refractivity contribution in [1.29, 1.82) is 0 Å². The Morgan fingerprint density at radius 3 is 2.47 bits per heavy atom. The van der Waals surface area contributed by atoms with Crippen molar-refractivity contribution in [3.63, 3.8) is 0 Å². The number of nitrogens with one attached hydrogen (secondary N) is 1. The number of primary amides is 1. The first kappa shape index (κ1) is 12.9. The quantitative estimate of drug-likeness (QED) is 0.748. The molecule has 0 fully saturated rings. The van der Waals surface area contributed by atoms with Crippen LogP contribution in [0.5, 0.6) is 0 Å². The van der Waals surface area contributed by atoms with E-state index < -0.39 is 23.7 Å². The SMILES string of the molecule is C=CC[C@@H](NC(=O)c1ccc(F)cc1)C(N)=O. The third-order valence-corrected chi connectivity index (χ3v) is 2.16. The van der Waals surface area contributed by atoms with Gasteiger partial charge in [0.05, 0.1) is 0 Å². The van der Waals surface area contributed by atoms with Gasteiger partial charge in [-0.05, 0) is 30.7 Å². The van der Waals surface area contributed by atoms with Crippen molar-refractivity contribution in [3.05, 3.63) is 48.3 Å². The van der Waals surface area contributed by atoms with Gasteiger partial charge in [0.1, 0.15) is 11.9 Å². The minimum absolute atomic E-state index is 0.252. The highest BCUT2D eigenvalue weighted by Gasteiger charge is 2.17. The third kappa shape index (κ3) is 3.71. The van der Waals surface area contributed by atoms with Crippen molar-refractivity contribution < 1.29 is 14.0 Å². The first-order valence-electron chi connectivity index (χ1n) is 5.01. The summed E-state index contributed by atoms with van der Waals surface area (Å²) in [5.74, 6) is -1.55. The fourth-order valence-electron chi connectivity index (χ4n) is 1.26. The Bertz CT molecular complexity index is 429. The van der Waals surface area contributed by atoms with Crippen LogP contribution in [-0.2, 0) is 4.79 Å². The first-order valence-corrected chi connectivity index (χ1v) is 5.01. The van der Waals surface area contributed by atoms with E-state index in [1.807, 2.05) is 0 Å². The molecule has 0 heterocycles. The van der Waals surface area contributed by atoms with Gasteiger partial charge in [-0.15, -0.1) is 6.58 Å². The summed E-state index contributed by atoms with van der Waals surface area (Å²) in [6.45, 7) is 3.47. The van der Waals surface area contributed by atoms with E-state index >= 15 is 0 Å². The van der Waals surface area contributed by atoms with Gasteiger partial charge in [-0.3, -0.25) is 9.59 Å². The molecule has 0 spiro atoms. The summed E-state index contributed by atoms with van der Waals surface area (Å²) < 4.78 is 12.6. The zero-order valence-electron chi connectivity index (χ0n) is 9.15. The maximum absolute atomic E-state index is 12.6. The number of benzene rings is 1. The van der Waals surface area contributed by atoms with Crippen molar-refractivity contribution in [2.24, 2.45) is 5.73 Å². The molecular weight excluding hydrogens is 223 g/mol. The molecule has 1 aromatic carbocycles. The molecule has 4 nitrogen and oxygen atoms in total. The van der Waals surface area contributed by atoms with E-state index in [2.05, 4.69) is 11.9 Å². The molecule has 0 saturated carbocycles. The number of hydrogen-bond donors (Lipinski definition) is 2. The van der Waals surface area contributed by atoms with E-state index in [1.165, 1.54) is 30.3 Å². The summed E-state index contributed by atoms with van der Waals surface area (Å²) in [6, 6.07) is 4.20. The summed E-state index contributed by atoms with van der Waals surface area (Å²) in [7, 11) is 0. The smallest absolute Gasteiger partial charge is 0.251 e. The molecule has 5 heteroatoms. The summed E-state index contributed by atoms with van der Waals surface area (Å²) in [5.41, 5.74) is 5.38. The molecule has 1 aromatic rings. The van der Waals surface area contributed by atoms with Crippen LogP contribution in [0, 0.1) is 5.82 Å². The number of carbonyl (C=O) groups excluding carboxylic acids is 2. The monoisotopic (exact) mass is 236 g/mol. The van der Waals surface area contributed by atoms with Crippen LogP contribution in [-0.4, -0.2) is 17.9 Å². The van der Waals surface area contributed by atoms with E-state index in [4.69, 9.17) is 5.73 Å². The van der Waals surface area contributed by atoms with Crippen LogP contribution in [0.3, 0.4) is 0 Å². The van der Waals surface area contributed by atoms with Gasteiger partial charge in [0.2, 0.25) is 5.91 Å². The summed E-state index contributed by atoms with van der Waals surface area (Å²) >= 11 is 0. The van der Waals surface area contributed by atoms with Crippen LogP contribution in [0.15, 0.2) is 36.9 Å². The van der Waals surface area contributed by atoms with Crippen molar-refractivity contribution >= 4 is 11.8 Å². The lowest BCUT2D eigenvalue weighted by Gasteiger charge is -2.13. The second-order valence-corrected chi connectivity index (χ2v) is 3.46. The van der Waals surface area contributed by atoms with Gasteiger partial charge in [-0.25, -0.2) is 4.39 Å². The Labute approximate surface area is 98.3 Å². The second kappa shape index (κ2) is 5.79. The Hall–Kier alpha value is -2.17. The average Bonchev–Trinajstić information content (AvgIpc) is 2.29. The zero-order chi connectivity index (χ0) is 12.8. The fourth-order valence-corrected chi connectivity index (χ4v) is 1.26. The summed E-state index contributed by atoms with van der Waals surface area (Å²) in [6.07, 6.45) is 1.74. The number of rotatable bonds is 5. The third-order valence-electron chi connectivity index (χ3n) is 2.16. The predicted octanol–water partition coefficient (Wildman–Crippen LogP) is 0.985. The van der Waals surface area contributed by atoms with Crippen molar-refractivity contribution in [2.75, 3.05) is 0 Å². The summed E-state index contributed by atoms with van der Waals surface area (Å²) in [5, 5.41) is 2.45. The molecular formula is C12H13FN2O2. The normalized spacial score (nSPS) is 11.6. The van der Waals surface area contributed by atoms with Crippen molar-refractivity contribution in [2.45, 2.75) is 12.5 Å². The maximum Gasteiger partial charge on any atom is 0.251 e. The first-order chi connectivity index (χ1) is 8.04. The number of nitrogens with two attached hydrogens (primary N) is 1. The minimum Gasteiger partial charge on any atom is -0.368 e. The van der Waals surface area contributed by atoms with Gasteiger partial charge < -0.3 is 11.1 Å². The second-order valence-electron chi connectivity index (χ2n) is 3.46. The number of hydrogen-bond acceptors (Lipinski definition) is 2. The lowest BCUT2D eigenvalue weighted by molar-refractivity contribution is -0.119. The summed E-state index contributed by atoms with van der Waals surface area (Å²) in [4.78, 5) is 22.7. The lowest BCUT2D eigenvalue weighted by Crippen LogP contribution is -2.44. The molecule has 90 valence electrons. The van der Waals surface area contributed by atoms with Gasteiger partial charge in [0.15, 0.2) is 0 Å². The molecule has 1 rings (SSSR count). The van der Waals surface area contributed by atoms with Gasteiger partial charge in [-0.2, -0.15) is 0 Å². The van der Waals surface area contributed by atoms with Crippen LogP contribution in [0.2, 0.25) is 0 Å². The van der Waals surface area contributed by atoms with Crippen LogP contribution in [0.1, 0.15) is 16.8 Å². The molecule has 3 N–H and O–H groups in total. The standard InChI is InChI=1S/C12H13FN2O2/c1-2-3-10(11(14)16)15-12(17)8-4-6-9(13)7-5-8/h2,4-7,10H,1,3H2,(H2,14,16)(H,15,17)/t10-/m1/s1. The van der Waals surface area contributed by atoms with E-state index in [1.54, 1.807) is 0 Å². The van der Waals surface area contributed by atoms with Crippen LogP contribution in [0.25, 0.3) is 0 Å². The molecule has 0 unspecified atom stereocenters. The van der Waals surface area contributed by atoms with Crippen molar-refractivity contribution in [1.82, 2.24) is 5.32 Å². The van der Waals surface area contributed by atoms with Gasteiger partial charge in [-0.1, -0.05) is 6.08 Å². The van der Waals surface area contributed by atoms with E-state index in [9.17, 15) is 14.0 Å². The number of carbonyl (C=O) groups is 2. The van der Waals surface area contributed by atoms with E-state index in [0.29, 0.717) is 0 Å². The van der Waals surface area contributed by atoms with Crippen molar-refractivity contribution in [3.8, 4) is 0 Å². The fraction of sp³-hybridized carbons (Fsp3) is 0.167. The molecule has 0 aliphatic heterocycles. The largest absolute Gasteiger partial charge is 0.368 e. The Morgan fingerprint density at radius 2 is 2.00 bits per heavy atom. The van der Waals surface area contributed by atoms with Gasteiger partial charge in [0.25, 0.3) is 5.91 Å². The Balaban J connectivity index is 2.73. The molecule has 17 heavy (non-hydrogen) atoms. The lowest BCUT2D eigenvalue weighted by atomic mass is 10.1. The number of halogens is 1. The molecule has 0 aromatic heterocycles. The minimum atomic E-state index is -0.801. The average molecular weight is 236 g/mol. The van der Waals surface area contributed by atoms with Crippen LogP contribution in [0.4, 0.5) is 4.39 Å². The van der Waals surface area contributed by atoms with E-state index in [-0.39, 0.29) is 12.0 Å². The Morgan fingerprint density at radius 1 is 1.41 bits per heavy atom.